The number of fused-ring (bicyclic) bond motifs is 10. The number of azide groups is 1. The second kappa shape index (κ2) is 32.2. The van der Waals surface area contributed by atoms with Crippen molar-refractivity contribution >= 4 is 5.69 Å². The van der Waals surface area contributed by atoms with Crippen LogP contribution < -0.4 is 28.4 Å². The first kappa shape index (κ1) is 79.4. The zero-order valence-corrected chi connectivity index (χ0v) is 69.4. The lowest BCUT2D eigenvalue weighted by Crippen LogP contribution is -2.18. The second-order valence-electron chi connectivity index (χ2n) is 37.3. The van der Waals surface area contributed by atoms with Crippen molar-refractivity contribution in [2.45, 2.75) is 235 Å². The highest BCUT2D eigenvalue weighted by Gasteiger charge is 2.33. The molecular weight excluding hydrogens is 1380 g/mol. The van der Waals surface area contributed by atoms with Gasteiger partial charge in [-0.05, 0) is 173 Å². The molecule has 112 heavy (non-hydrogen) atoms. The van der Waals surface area contributed by atoms with Crippen molar-refractivity contribution in [3.05, 3.63) is 350 Å². The van der Waals surface area contributed by atoms with Crippen molar-refractivity contribution in [1.29, 1.82) is 0 Å². The molecule has 10 heteroatoms. The fourth-order valence-corrected chi connectivity index (χ4v) is 15.4. The molecule has 1 N–H and O–H groups in total. The maximum Gasteiger partial charge on any atom is 0.126 e. The Hall–Kier alpha value is -10.7. The number of hydrogen-bond donors (Lipinski definition) is 1. The van der Waals surface area contributed by atoms with Crippen molar-refractivity contribution in [3.8, 4) is 40.2 Å². The van der Waals surface area contributed by atoms with Gasteiger partial charge in [0.05, 0.1) is 5.69 Å². The van der Waals surface area contributed by atoms with E-state index in [9.17, 15) is 10.6 Å². The van der Waals surface area contributed by atoms with Gasteiger partial charge in [-0.2, -0.15) is 0 Å². The number of aromatic hydroxyl groups is 1. The molecule has 0 radical (unpaired) electrons. The Balaban J connectivity index is 1.22. The lowest BCUT2D eigenvalue weighted by Gasteiger charge is -2.29. The van der Waals surface area contributed by atoms with E-state index >= 15 is 0 Å². The SMILES string of the molecule is CC(C)(C)c1cc2c(OCc3ccccc3)c(c1)Cc1cc(C(C)(C)C)cc3c1OCc1cc(O)cc(c1N=[N+]=[N-])COc1c(cc(C(C)(C)C)cc1Cc1cc(C(C)(C)C)cc(c1OCc1ccccc1)Cc1cc(C(C)(C)C)cc(c1OCc1ccccc1)C3)Cc1cc(C(C)(C)C)cc(c1OCc1ccccc1)C2. The molecule has 0 unspecified atom stereocenters. The molecular formula is C102H113N3O7. The number of hydrogen-bond acceptors (Lipinski definition) is 8. The van der Waals surface area contributed by atoms with Crippen molar-refractivity contribution in [1.82, 2.24) is 0 Å². The molecule has 578 valence electrons. The summed E-state index contributed by atoms with van der Waals surface area (Å²) in [6.07, 6.45) is 2.48. The van der Waals surface area contributed by atoms with Crippen LogP contribution in [0.1, 0.15) is 258 Å². The van der Waals surface area contributed by atoms with Crippen molar-refractivity contribution < 1.29 is 33.5 Å². The van der Waals surface area contributed by atoms with Crippen LogP contribution in [-0.4, -0.2) is 5.11 Å². The molecule has 0 spiro atoms. The second-order valence-corrected chi connectivity index (χ2v) is 37.3. The number of phenolic OH excluding ortho intramolecular Hbond substituents is 1. The van der Waals surface area contributed by atoms with Gasteiger partial charge in [-0.25, -0.2) is 0 Å². The molecule has 0 aromatic heterocycles. The van der Waals surface area contributed by atoms with Crippen LogP contribution >= 0.6 is 0 Å². The quantitative estimate of drug-likeness (QED) is 0.0692. The van der Waals surface area contributed by atoms with E-state index in [2.05, 4.69) is 329 Å². The highest BCUT2D eigenvalue weighted by Crippen LogP contribution is 2.48. The first-order valence-corrected chi connectivity index (χ1v) is 39.9. The summed E-state index contributed by atoms with van der Waals surface area (Å²) in [6, 6.07) is 73.5. The molecule has 11 aromatic carbocycles. The minimum atomic E-state index is -0.367. The summed E-state index contributed by atoms with van der Waals surface area (Å²) in [6.45, 7) is 42.3. The third kappa shape index (κ3) is 18.7. The van der Waals surface area contributed by atoms with Gasteiger partial charge in [0.1, 0.15) is 79.9 Å². The van der Waals surface area contributed by atoms with E-state index in [0.717, 1.165) is 145 Å². The highest BCUT2D eigenvalue weighted by atomic mass is 16.5. The Kier molecular flexibility index (Phi) is 22.8. The Morgan fingerprint density at radius 3 is 0.688 bits per heavy atom. The summed E-state index contributed by atoms with van der Waals surface area (Å²) >= 11 is 0. The van der Waals surface area contributed by atoms with Crippen LogP contribution in [-0.2, 0) is 111 Å². The van der Waals surface area contributed by atoms with Gasteiger partial charge < -0.3 is 33.5 Å². The van der Waals surface area contributed by atoms with Crippen LogP contribution in [0.2, 0.25) is 0 Å². The summed E-state index contributed by atoms with van der Waals surface area (Å²) in [4.78, 5) is 3.55. The first-order chi connectivity index (χ1) is 53.1. The molecule has 0 saturated heterocycles. The summed E-state index contributed by atoms with van der Waals surface area (Å²) in [5, 5.41) is 16.9. The van der Waals surface area contributed by atoms with E-state index < -0.39 is 0 Å². The van der Waals surface area contributed by atoms with Crippen LogP contribution in [0.4, 0.5) is 5.69 Å². The Bertz CT molecular complexity index is 4700. The van der Waals surface area contributed by atoms with Gasteiger partial charge in [-0.3, -0.25) is 0 Å². The number of rotatable bonds is 13. The first-order valence-electron chi connectivity index (χ1n) is 39.9. The molecule has 0 saturated carbocycles. The Morgan fingerprint density at radius 2 is 0.491 bits per heavy atom. The zero-order valence-electron chi connectivity index (χ0n) is 69.4. The molecule has 0 aliphatic carbocycles. The van der Waals surface area contributed by atoms with E-state index in [1.807, 2.05) is 0 Å². The maximum absolute atomic E-state index is 12.3. The topological polar surface area (TPSA) is 124 Å². The predicted octanol–water partition coefficient (Wildman–Crippen LogP) is 25.8. The molecule has 10 nitrogen and oxygen atoms in total. The van der Waals surface area contributed by atoms with Crippen molar-refractivity contribution in [2.75, 3.05) is 0 Å². The van der Waals surface area contributed by atoms with Gasteiger partial charge in [0, 0.05) is 54.6 Å². The van der Waals surface area contributed by atoms with Gasteiger partial charge >= 0.3 is 0 Å². The van der Waals surface area contributed by atoms with E-state index in [-0.39, 0.29) is 51.5 Å². The standard InChI is InChI=1S/C102H113N3O7/c1-97(2,3)83-45-69-39-70-46-84(98(4,5)6)50-74(92(70)108-60-66-33-25-20-26-34-66)42-79-55-88(102(16,17)18)56-80-44-76-52-86(100(10,11)12)48-72(94(76)110-62-68-37-29-22-30-38-68)40-71-47-85(99(7,8)9)51-75(93(71)109-61-67-35-27-21-28-36-67)43-78-54-87(101(13,14)15)53-77(41-73(49-83)91(69)107-59-65-31-23-19-24-32-65)95(78)111-63-81-57-89(106)58-82(64-112-96(79)80)90(81)104-105-103/h19-38,45-58,106H,39-44,59-64H2,1-18H3. The van der Waals surface area contributed by atoms with Gasteiger partial charge in [-0.15, -0.1) is 0 Å². The van der Waals surface area contributed by atoms with Crippen LogP contribution in [0.15, 0.2) is 211 Å². The fraction of sp³-hybridized carbons (Fsp3) is 0.353. The lowest BCUT2D eigenvalue weighted by molar-refractivity contribution is 0.290. The van der Waals surface area contributed by atoms with Gasteiger partial charge in [-0.1, -0.05) is 324 Å². The summed E-state index contributed by atoms with van der Waals surface area (Å²) in [5.41, 5.74) is 33.0. The third-order valence-electron chi connectivity index (χ3n) is 22.0. The number of ether oxygens (including phenoxy) is 6. The fourth-order valence-electron chi connectivity index (χ4n) is 15.4. The van der Waals surface area contributed by atoms with E-state index in [1.165, 1.54) is 0 Å². The molecule has 2 heterocycles. The molecule has 0 atom stereocenters. The molecule has 13 rings (SSSR count). The van der Waals surface area contributed by atoms with Gasteiger partial charge in [0.15, 0.2) is 0 Å². The molecule has 0 fully saturated rings. The van der Waals surface area contributed by atoms with Crippen LogP contribution in [0.5, 0.6) is 40.2 Å². The number of benzene rings is 11. The predicted molar refractivity (Wildman–Crippen MR) is 456 cm³/mol. The normalized spacial score (nSPS) is 13.5. The largest absolute Gasteiger partial charge is 0.508 e. The van der Waals surface area contributed by atoms with Gasteiger partial charge in [0.25, 0.3) is 0 Å². The van der Waals surface area contributed by atoms with Crippen molar-refractivity contribution in [3.63, 3.8) is 0 Å². The highest BCUT2D eigenvalue weighted by molar-refractivity contribution is 5.64. The van der Waals surface area contributed by atoms with Gasteiger partial charge in [0.2, 0.25) is 0 Å². The lowest BCUT2D eigenvalue weighted by atomic mass is 9.79. The summed E-state index contributed by atoms with van der Waals surface area (Å²) in [5.74, 6) is 4.44. The summed E-state index contributed by atoms with van der Waals surface area (Å²) in [7, 11) is 0. The Morgan fingerprint density at radius 1 is 0.295 bits per heavy atom. The number of phenols is 1. The van der Waals surface area contributed by atoms with E-state index in [1.54, 1.807) is 12.1 Å². The van der Waals surface area contributed by atoms with E-state index in [0.29, 0.717) is 93.3 Å². The Labute approximate surface area is 666 Å². The molecule has 2 aliphatic rings. The average molecular weight is 1490 g/mol. The van der Waals surface area contributed by atoms with Crippen molar-refractivity contribution in [2.24, 2.45) is 5.11 Å². The molecule has 11 aromatic rings. The van der Waals surface area contributed by atoms with E-state index in [4.69, 9.17) is 28.4 Å². The zero-order chi connectivity index (χ0) is 79.7. The molecule has 2 aliphatic heterocycles. The monoisotopic (exact) mass is 1490 g/mol. The molecule has 0 amide bonds. The van der Waals surface area contributed by atoms with Crippen LogP contribution in [0.25, 0.3) is 10.4 Å². The maximum atomic E-state index is 12.3. The number of nitrogens with zero attached hydrogens (tertiary/aromatic N) is 3. The minimum Gasteiger partial charge on any atom is -0.508 e. The average Bonchev–Trinajstić information content (AvgIpc) is 0.766. The third-order valence-corrected chi connectivity index (χ3v) is 22.0. The van der Waals surface area contributed by atoms with Crippen LogP contribution in [0.3, 0.4) is 0 Å². The van der Waals surface area contributed by atoms with Crippen LogP contribution in [0, 0.1) is 0 Å². The smallest absolute Gasteiger partial charge is 0.126 e. The summed E-state index contributed by atoms with van der Waals surface area (Å²) < 4.78 is 45.7. The molecule has 12 bridgehead atoms. The minimum absolute atomic E-state index is 0.0256.